The average Bonchev–Trinajstić information content (AvgIpc) is 2.63. The number of halogens is 1. The Hall–Kier alpha value is -2.14. The van der Waals surface area contributed by atoms with Crippen LogP contribution in [0.1, 0.15) is 28.8 Å². The molecule has 0 radical (unpaired) electrons. The molecule has 3 rings (SSSR count). The van der Waals surface area contributed by atoms with E-state index in [4.69, 9.17) is 0 Å². The Labute approximate surface area is 156 Å². The molecule has 25 heavy (non-hydrogen) atoms. The van der Waals surface area contributed by atoms with Gasteiger partial charge in [0.05, 0.1) is 12.0 Å². The van der Waals surface area contributed by atoms with E-state index >= 15 is 0 Å². The lowest BCUT2D eigenvalue weighted by Crippen LogP contribution is -2.47. The lowest BCUT2D eigenvalue weighted by atomic mass is 10.0. The molecule has 2 aromatic rings. The fourth-order valence-electron chi connectivity index (χ4n) is 3.09. The molecule has 0 bridgehead atoms. The van der Waals surface area contributed by atoms with E-state index in [2.05, 4.69) is 21.2 Å². The van der Waals surface area contributed by atoms with Gasteiger partial charge in [0.1, 0.15) is 0 Å². The Morgan fingerprint density at radius 1 is 1.00 bits per heavy atom. The van der Waals surface area contributed by atoms with Crippen LogP contribution in [0.4, 0.5) is 0 Å². The summed E-state index contributed by atoms with van der Waals surface area (Å²) in [6.07, 6.45) is 1.98. The number of amides is 2. The molecule has 1 fully saturated rings. The quantitative estimate of drug-likeness (QED) is 0.854. The molecule has 4 nitrogen and oxygen atoms in total. The smallest absolute Gasteiger partial charge is 0.254 e. The van der Waals surface area contributed by atoms with Gasteiger partial charge in [-0.15, -0.1) is 0 Å². The van der Waals surface area contributed by atoms with Gasteiger partial charge in [-0.05, 0) is 46.5 Å². The van der Waals surface area contributed by atoms with Crippen molar-refractivity contribution in [3.63, 3.8) is 0 Å². The van der Waals surface area contributed by atoms with Crippen LogP contribution in [0.15, 0.2) is 59.1 Å². The van der Waals surface area contributed by atoms with Gasteiger partial charge < -0.3 is 10.2 Å². The predicted molar refractivity (Wildman–Crippen MR) is 101 cm³/mol. The van der Waals surface area contributed by atoms with Crippen molar-refractivity contribution in [1.82, 2.24) is 10.2 Å². The summed E-state index contributed by atoms with van der Waals surface area (Å²) in [4.78, 5) is 26.6. The minimum absolute atomic E-state index is 0.0431. The third-order valence-electron chi connectivity index (χ3n) is 4.46. The van der Waals surface area contributed by atoms with E-state index < -0.39 is 0 Å². The fourth-order valence-corrected chi connectivity index (χ4v) is 3.55. The zero-order valence-corrected chi connectivity index (χ0v) is 15.5. The molecule has 1 heterocycles. The first-order valence-electron chi connectivity index (χ1n) is 8.50. The Balaban J connectivity index is 1.49. The number of hydrogen-bond acceptors (Lipinski definition) is 2. The van der Waals surface area contributed by atoms with Crippen molar-refractivity contribution in [2.45, 2.75) is 25.3 Å². The molecule has 0 atom stereocenters. The predicted octanol–water partition coefficient (Wildman–Crippen LogP) is 3.41. The third kappa shape index (κ3) is 4.69. The first-order valence-corrected chi connectivity index (χ1v) is 9.30. The highest BCUT2D eigenvalue weighted by atomic mass is 79.9. The Bertz CT molecular complexity index is 740. The number of rotatable bonds is 4. The van der Waals surface area contributed by atoms with E-state index in [1.165, 1.54) is 0 Å². The molecule has 1 aliphatic heterocycles. The molecule has 0 unspecified atom stereocenters. The summed E-state index contributed by atoms with van der Waals surface area (Å²) in [6.45, 7) is 1.33. The van der Waals surface area contributed by atoms with Crippen LogP contribution in [-0.2, 0) is 11.2 Å². The summed E-state index contributed by atoms with van der Waals surface area (Å²) in [5.41, 5.74) is 1.70. The van der Waals surface area contributed by atoms with Crippen LogP contribution in [0.3, 0.4) is 0 Å². The molecule has 1 N–H and O–H groups in total. The van der Waals surface area contributed by atoms with E-state index in [9.17, 15) is 9.59 Å². The summed E-state index contributed by atoms with van der Waals surface area (Å²) in [5.74, 6) is 0.0864. The van der Waals surface area contributed by atoms with Crippen molar-refractivity contribution in [3.05, 3.63) is 70.2 Å². The minimum atomic E-state index is 0.0431. The Kier molecular flexibility index (Phi) is 5.87. The molecule has 0 spiro atoms. The number of nitrogens with zero attached hydrogens (tertiary/aromatic N) is 1. The third-order valence-corrected chi connectivity index (χ3v) is 5.15. The molecule has 1 saturated heterocycles. The number of hydrogen-bond donors (Lipinski definition) is 1. The van der Waals surface area contributed by atoms with Crippen LogP contribution < -0.4 is 5.32 Å². The van der Waals surface area contributed by atoms with Crippen LogP contribution >= 0.6 is 15.9 Å². The summed E-state index contributed by atoms with van der Waals surface area (Å²) in [5, 5.41) is 3.09. The van der Waals surface area contributed by atoms with Crippen LogP contribution in [-0.4, -0.2) is 35.8 Å². The van der Waals surface area contributed by atoms with Gasteiger partial charge in [0.25, 0.3) is 5.91 Å². The standard InChI is InChI=1S/C20H21BrN2O2/c21-18-9-5-4-8-17(18)20(25)23-12-10-16(11-13-23)22-19(24)14-15-6-2-1-3-7-15/h1-9,16H,10-14H2,(H,22,24). The van der Waals surface area contributed by atoms with Crippen LogP contribution in [0.25, 0.3) is 0 Å². The van der Waals surface area contributed by atoms with Gasteiger partial charge in [0.15, 0.2) is 0 Å². The number of carbonyl (C=O) groups is 2. The summed E-state index contributed by atoms with van der Waals surface area (Å²) >= 11 is 3.44. The van der Waals surface area contributed by atoms with Gasteiger partial charge in [0.2, 0.25) is 5.91 Å². The molecule has 130 valence electrons. The zero-order chi connectivity index (χ0) is 17.6. The van der Waals surface area contributed by atoms with Gasteiger partial charge in [-0.1, -0.05) is 42.5 Å². The molecular weight excluding hydrogens is 380 g/mol. The highest BCUT2D eigenvalue weighted by Gasteiger charge is 2.25. The molecule has 0 aliphatic carbocycles. The lowest BCUT2D eigenvalue weighted by Gasteiger charge is -2.32. The maximum absolute atomic E-state index is 12.6. The lowest BCUT2D eigenvalue weighted by molar-refractivity contribution is -0.121. The molecule has 5 heteroatoms. The molecule has 2 aromatic carbocycles. The van der Waals surface area contributed by atoms with Crippen LogP contribution in [0.2, 0.25) is 0 Å². The van der Waals surface area contributed by atoms with E-state index in [0.29, 0.717) is 25.1 Å². The van der Waals surface area contributed by atoms with E-state index in [1.54, 1.807) is 0 Å². The van der Waals surface area contributed by atoms with Crippen molar-refractivity contribution >= 4 is 27.7 Å². The molecule has 2 amide bonds. The monoisotopic (exact) mass is 400 g/mol. The van der Waals surface area contributed by atoms with Crippen LogP contribution in [0, 0.1) is 0 Å². The molecule has 1 aliphatic rings. The summed E-state index contributed by atoms with van der Waals surface area (Å²) < 4.78 is 0.818. The second-order valence-electron chi connectivity index (χ2n) is 6.28. The summed E-state index contributed by atoms with van der Waals surface area (Å²) in [6, 6.07) is 17.4. The minimum Gasteiger partial charge on any atom is -0.353 e. The number of piperidine rings is 1. The van der Waals surface area contributed by atoms with Gasteiger partial charge in [-0.3, -0.25) is 9.59 Å². The maximum Gasteiger partial charge on any atom is 0.254 e. The van der Waals surface area contributed by atoms with Crippen molar-refractivity contribution in [3.8, 4) is 0 Å². The molecule has 0 aromatic heterocycles. The average molecular weight is 401 g/mol. The highest BCUT2D eigenvalue weighted by molar-refractivity contribution is 9.10. The zero-order valence-electron chi connectivity index (χ0n) is 14.0. The van der Waals surface area contributed by atoms with Gasteiger partial charge in [-0.25, -0.2) is 0 Å². The maximum atomic E-state index is 12.6. The van der Waals surface area contributed by atoms with E-state index in [1.807, 2.05) is 59.5 Å². The van der Waals surface area contributed by atoms with Crippen molar-refractivity contribution in [1.29, 1.82) is 0 Å². The van der Waals surface area contributed by atoms with Crippen molar-refractivity contribution in [2.24, 2.45) is 0 Å². The normalized spacial score (nSPS) is 15.0. The first-order chi connectivity index (χ1) is 12.1. The Morgan fingerprint density at radius 2 is 1.64 bits per heavy atom. The number of nitrogens with one attached hydrogen (secondary N) is 1. The van der Waals surface area contributed by atoms with E-state index in [-0.39, 0.29) is 17.9 Å². The Morgan fingerprint density at radius 3 is 2.32 bits per heavy atom. The number of carbonyl (C=O) groups excluding carboxylic acids is 2. The van der Waals surface area contributed by atoms with Gasteiger partial charge >= 0.3 is 0 Å². The SMILES string of the molecule is O=C(Cc1ccccc1)NC1CCN(C(=O)c2ccccc2Br)CC1. The van der Waals surface area contributed by atoms with Crippen LogP contribution in [0.5, 0.6) is 0 Å². The fraction of sp³-hybridized carbons (Fsp3) is 0.300. The highest BCUT2D eigenvalue weighted by Crippen LogP contribution is 2.20. The first kappa shape index (κ1) is 17.7. The van der Waals surface area contributed by atoms with Crippen molar-refractivity contribution in [2.75, 3.05) is 13.1 Å². The summed E-state index contributed by atoms with van der Waals surface area (Å²) in [7, 11) is 0. The topological polar surface area (TPSA) is 49.4 Å². The van der Waals surface area contributed by atoms with Gasteiger partial charge in [0, 0.05) is 23.6 Å². The van der Waals surface area contributed by atoms with E-state index in [0.717, 1.165) is 22.9 Å². The second-order valence-corrected chi connectivity index (χ2v) is 7.13. The number of benzene rings is 2. The van der Waals surface area contributed by atoms with Crippen molar-refractivity contribution < 1.29 is 9.59 Å². The molecule has 0 saturated carbocycles. The second kappa shape index (κ2) is 8.30. The number of likely N-dealkylation sites (tertiary alicyclic amines) is 1. The van der Waals surface area contributed by atoms with Gasteiger partial charge in [-0.2, -0.15) is 0 Å². The molecular formula is C20H21BrN2O2. The largest absolute Gasteiger partial charge is 0.353 e.